The maximum atomic E-state index is 14.0. The number of halogens is 3. The predicted octanol–water partition coefficient (Wildman–Crippen LogP) is 2.68. The van der Waals surface area contributed by atoms with E-state index in [9.17, 15) is 26.4 Å². The molecule has 4 rings (SSSR count). The van der Waals surface area contributed by atoms with Gasteiger partial charge in [-0.3, -0.25) is 4.57 Å². The third kappa shape index (κ3) is 2.85. The molecule has 6 nitrogen and oxygen atoms in total. The number of hydrogen-bond acceptors (Lipinski definition) is 3. The number of aromatic nitrogens is 2. The van der Waals surface area contributed by atoms with Crippen LogP contribution in [0.25, 0.3) is 16.7 Å². The van der Waals surface area contributed by atoms with E-state index in [0.717, 1.165) is 4.31 Å². The van der Waals surface area contributed by atoms with Crippen molar-refractivity contribution in [3.63, 3.8) is 0 Å². The molecule has 0 aliphatic carbocycles. The Morgan fingerprint density at radius 1 is 1.00 bits per heavy atom. The van der Waals surface area contributed by atoms with Crippen molar-refractivity contribution in [1.82, 2.24) is 13.9 Å². The van der Waals surface area contributed by atoms with Crippen molar-refractivity contribution in [3.05, 3.63) is 70.4 Å². The monoisotopic (exact) mass is 409 g/mol. The minimum atomic E-state index is -4.36. The van der Waals surface area contributed by atoms with Crippen molar-refractivity contribution < 1.29 is 21.6 Å². The Balaban J connectivity index is 1.68. The number of sulfonamides is 1. The normalized spacial score (nSPS) is 15.8. The molecule has 0 amide bonds. The molecule has 1 aliphatic heterocycles. The summed E-state index contributed by atoms with van der Waals surface area (Å²) in [7, 11) is -4.36. The largest absolute Gasteiger partial charge is 0.330 e. The highest BCUT2D eigenvalue weighted by molar-refractivity contribution is 7.89. The van der Waals surface area contributed by atoms with Crippen LogP contribution in [0.15, 0.2) is 52.2 Å². The number of H-pyrrole nitrogens is 1. The summed E-state index contributed by atoms with van der Waals surface area (Å²) in [6, 6.07) is 8.34. The average molecular weight is 409 g/mol. The van der Waals surface area contributed by atoms with Crippen LogP contribution in [0.2, 0.25) is 0 Å². The van der Waals surface area contributed by atoms with E-state index >= 15 is 0 Å². The average Bonchev–Trinajstić information content (AvgIpc) is 3.01. The lowest BCUT2D eigenvalue weighted by Crippen LogP contribution is -2.36. The SMILES string of the molecule is O=c1[nH]c2ccccc2n1C1=CCN(S(=O)(=O)c2ccc(F)c(F)c2F)CC1. The summed E-state index contributed by atoms with van der Waals surface area (Å²) in [4.78, 5) is 14.1. The zero-order chi connectivity index (χ0) is 20.1. The van der Waals surface area contributed by atoms with Gasteiger partial charge in [0.2, 0.25) is 10.0 Å². The number of rotatable bonds is 3. The summed E-state index contributed by atoms with van der Waals surface area (Å²) < 4.78 is 68.2. The van der Waals surface area contributed by atoms with Gasteiger partial charge in [0.1, 0.15) is 4.90 Å². The van der Waals surface area contributed by atoms with Crippen LogP contribution in [0.3, 0.4) is 0 Å². The van der Waals surface area contributed by atoms with Crippen molar-refractivity contribution in [2.75, 3.05) is 13.1 Å². The highest BCUT2D eigenvalue weighted by Gasteiger charge is 2.31. The van der Waals surface area contributed by atoms with Crippen molar-refractivity contribution in [2.24, 2.45) is 0 Å². The van der Waals surface area contributed by atoms with Crippen LogP contribution in [0.1, 0.15) is 6.42 Å². The molecular formula is C18H14F3N3O3S. The number of nitrogens with one attached hydrogen (secondary N) is 1. The van der Waals surface area contributed by atoms with Crippen LogP contribution in [0.5, 0.6) is 0 Å². The molecule has 2 aromatic carbocycles. The molecule has 28 heavy (non-hydrogen) atoms. The fourth-order valence-corrected chi connectivity index (χ4v) is 4.68. The number of para-hydroxylation sites is 2. The molecule has 0 spiro atoms. The molecule has 0 unspecified atom stereocenters. The van der Waals surface area contributed by atoms with Crippen molar-refractivity contribution in [3.8, 4) is 0 Å². The third-order valence-corrected chi connectivity index (χ3v) is 6.52. The summed E-state index contributed by atoms with van der Waals surface area (Å²) >= 11 is 0. The van der Waals surface area contributed by atoms with Gasteiger partial charge in [0.05, 0.1) is 11.0 Å². The van der Waals surface area contributed by atoms with E-state index in [1.54, 1.807) is 30.3 Å². The summed E-state index contributed by atoms with van der Waals surface area (Å²) in [6.45, 7) is -0.180. The second kappa shape index (κ2) is 6.64. The fraction of sp³-hybridized carbons (Fsp3) is 0.167. The van der Waals surface area contributed by atoms with Crippen LogP contribution in [-0.2, 0) is 10.0 Å². The highest BCUT2D eigenvalue weighted by Crippen LogP contribution is 2.27. The second-order valence-electron chi connectivity index (χ2n) is 6.26. The quantitative estimate of drug-likeness (QED) is 0.676. The smallest absolute Gasteiger partial charge is 0.305 e. The zero-order valence-electron chi connectivity index (χ0n) is 14.3. The van der Waals surface area contributed by atoms with Gasteiger partial charge in [-0.15, -0.1) is 0 Å². The van der Waals surface area contributed by atoms with Gasteiger partial charge in [-0.1, -0.05) is 12.1 Å². The standard InChI is InChI=1S/C18H14F3N3O3S/c19-12-5-6-15(17(21)16(12)20)28(26,27)23-9-7-11(8-10-23)24-14-4-2-1-3-13(14)22-18(24)25/h1-7H,8-10H2,(H,22,25). The fourth-order valence-electron chi connectivity index (χ4n) is 3.25. The Kier molecular flexibility index (Phi) is 4.39. The van der Waals surface area contributed by atoms with Gasteiger partial charge in [-0.05, 0) is 30.3 Å². The summed E-state index contributed by atoms with van der Waals surface area (Å²) in [6.07, 6.45) is 1.73. The molecule has 2 heterocycles. The second-order valence-corrected chi connectivity index (χ2v) is 8.17. The molecule has 0 saturated heterocycles. The van der Waals surface area contributed by atoms with Gasteiger partial charge in [0.15, 0.2) is 17.5 Å². The van der Waals surface area contributed by atoms with E-state index < -0.39 is 32.4 Å². The number of hydrogen-bond donors (Lipinski definition) is 1. The molecule has 0 fully saturated rings. The Bertz CT molecular complexity index is 1280. The van der Waals surface area contributed by atoms with E-state index in [1.165, 1.54) is 4.57 Å². The molecule has 0 radical (unpaired) electrons. The zero-order valence-corrected chi connectivity index (χ0v) is 15.1. The van der Waals surface area contributed by atoms with Crippen LogP contribution >= 0.6 is 0 Å². The number of fused-ring (bicyclic) bond motifs is 1. The topological polar surface area (TPSA) is 75.2 Å². The maximum Gasteiger partial charge on any atom is 0.330 e. The van der Waals surface area contributed by atoms with Crippen LogP contribution in [0, 0.1) is 17.5 Å². The molecule has 0 saturated carbocycles. The Hall–Kier alpha value is -2.85. The van der Waals surface area contributed by atoms with Crippen LogP contribution in [-0.4, -0.2) is 35.4 Å². The molecule has 146 valence electrons. The first kappa shape index (κ1) is 18.5. The summed E-state index contributed by atoms with van der Waals surface area (Å²) in [5.41, 5.74) is 1.55. The van der Waals surface area contributed by atoms with Gasteiger partial charge in [0.25, 0.3) is 0 Å². The minimum Gasteiger partial charge on any atom is -0.305 e. The van der Waals surface area contributed by atoms with E-state index in [4.69, 9.17) is 0 Å². The van der Waals surface area contributed by atoms with Gasteiger partial charge in [0, 0.05) is 25.2 Å². The number of aromatic amines is 1. The van der Waals surface area contributed by atoms with E-state index in [0.29, 0.717) is 28.9 Å². The number of imidazole rings is 1. The maximum absolute atomic E-state index is 14.0. The number of nitrogens with zero attached hydrogens (tertiary/aromatic N) is 2. The van der Waals surface area contributed by atoms with Crippen LogP contribution in [0.4, 0.5) is 13.2 Å². The minimum absolute atomic E-state index is 0.0431. The predicted molar refractivity (Wildman–Crippen MR) is 96.5 cm³/mol. The first-order valence-corrected chi connectivity index (χ1v) is 9.77. The first-order chi connectivity index (χ1) is 13.3. The lowest BCUT2D eigenvalue weighted by molar-refractivity contribution is 0.413. The molecule has 1 N–H and O–H groups in total. The van der Waals surface area contributed by atoms with E-state index in [1.807, 2.05) is 0 Å². The third-order valence-electron chi connectivity index (χ3n) is 4.64. The first-order valence-electron chi connectivity index (χ1n) is 8.33. The van der Waals surface area contributed by atoms with Crippen LogP contribution < -0.4 is 5.69 Å². The Labute approximate surface area is 157 Å². The highest BCUT2D eigenvalue weighted by atomic mass is 32.2. The van der Waals surface area contributed by atoms with Gasteiger partial charge >= 0.3 is 5.69 Å². The van der Waals surface area contributed by atoms with Crippen molar-refractivity contribution in [1.29, 1.82) is 0 Å². The molecule has 0 atom stereocenters. The lowest BCUT2D eigenvalue weighted by Gasteiger charge is -2.26. The van der Waals surface area contributed by atoms with Gasteiger partial charge in [-0.2, -0.15) is 4.31 Å². The molecule has 3 aromatic rings. The summed E-state index contributed by atoms with van der Waals surface area (Å²) in [5.74, 6) is -5.04. The van der Waals surface area contributed by atoms with Crippen molar-refractivity contribution in [2.45, 2.75) is 11.3 Å². The Morgan fingerprint density at radius 3 is 2.46 bits per heavy atom. The molecule has 1 aliphatic rings. The molecular weight excluding hydrogens is 395 g/mol. The van der Waals surface area contributed by atoms with Gasteiger partial charge < -0.3 is 4.98 Å². The number of benzene rings is 2. The van der Waals surface area contributed by atoms with Crippen molar-refractivity contribution >= 4 is 26.8 Å². The lowest BCUT2D eigenvalue weighted by atomic mass is 10.2. The molecule has 0 bridgehead atoms. The molecule has 10 heteroatoms. The Morgan fingerprint density at radius 2 is 1.75 bits per heavy atom. The molecule has 1 aromatic heterocycles. The van der Waals surface area contributed by atoms with Gasteiger partial charge in [-0.25, -0.2) is 26.4 Å². The van der Waals surface area contributed by atoms with E-state index in [2.05, 4.69) is 4.98 Å². The summed E-state index contributed by atoms with van der Waals surface area (Å²) in [5, 5.41) is 0. The van der Waals surface area contributed by atoms with E-state index in [-0.39, 0.29) is 25.2 Å².